The minimum absolute atomic E-state index is 0.0740. The van der Waals surface area contributed by atoms with Crippen LogP contribution in [0.5, 0.6) is 0 Å². The SMILES string of the molecule is C[S+]([O-])c1ccccc1S(=O)(=O)NOC(=O)N1CCNC1=O. The predicted molar refractivity (Wildman–Crippen MR) is 75.7 cm³/mol. The van der Waals surface area contributed by atoms with Gasteiger partial charge in [-0.2, -0.15) is 0 Å². The second kappa shape index (κ2) is 6.52. The van der Waals surface area contributed by atoms with Gasteiger partial charge in [0, 0.05) is 6.54 Å². The molecular weight excluding hydrogens is 334 g/mol. The number of amides is 3. The van der Waals surface area contributed by atoms with E-state index < -0.39 is 33.3 Å². The standard InChI is InChI=1S/C11H13N3O6S2/c1-21(17)8-4-2-3-5-9(8)22(18,19)13-20-11(16)14-7-6-12-10(14)15/h2-5,13H,6-7H2,1H3,(H,12,15). The van der Waals surface area contributed by atoms with Gasteiger partial charge in [-0.25, -0.2) is 22.9 Å². The number of hydrogen-bond donors (Lipinski definition) is 2. The van der Waals surface area contributed by atoms with Crippen molar-refractivity contribution in [1.29, 1.82) is 0 Å². The van der Waals surface area contributed by atoms with E-state index in [4.69, 9.17) is 0 Å². The third-order valence-corrected chi connectivity index (χ3v) is 5.11. The van der Waals surface area contributed by atoms with E-state index >= 15 is 0 Å². The minimum Gasteiger partial charge on any atom is -0.612 e. The highest BCUT2D eigenvalue weighted by atomic mass is 32.2. The van der Waals surface area contributed by atoms with Crippen molar-refractivity contribution in [2.75, 3.05) is 19.3 Å². The van der Waals surface area contributed by atoms with Gasteiger partial charge in [-0.1, -0.05) is 12.1 Å². The molecule has 0 saturated carbocycles. The van der Waals surface area contributed by atoms with Gasteiger partial charge in [0.2, 0.25) is 0 Å². The summed E-state index contributed by atoms with van der Waals surface area (Å²) in [6, 6.07) is 4.94. The Hall–Kier alpha value is -1.82. The molecular formula is C11H13N3O6S2. The van der Waals surface area contributed by atoms with Gasteiger partial charge >= 0.3 is 12.1 Å². The molecule has 2 rings (SSSR count). The average Bonchev–Trinajstić information content (AvgIpc) is 2.91. The molecule has 1 aliphatic heterocycles. The number of urea groups is 1. The Morgan fingerprint density at radius 2 is 2.14 bits per heavy atom. The topological polar surface area (TPSA) is 128 Å². The van der Waals surface area contributed by atoms with Crippen LogP contribution in [0.15, 0.2) is 34.1 Å². The fourth-order valence-electron chi connectivity index (χ4n) is 1.75. The largest absolute Gasteiger partial charge is 0.612 e. The van der Waals surface area contributed by atoms with E-state index in [1.54, 1.807) is 4.89 Å². The summed E-state index contributed by atoms with van der Waals surface area (Å²) in [4.78, 5) is 29.5. The van der Waals surface area contributed by atoms with Crippen LogP contribution < -0.4 is 10.2 Å². The number of carbonyl (C=O) groups excluding carboxylic acids is 2. The summed E-state index contributed by atoms with van der Waals surface area (Å²) in [7, 11) is -4.22. The maximum absolute atomic E-state index is 12.1. The van der Waals surface area contributed by atoms with Crippen LogP contribution in [0.1, 0.15) is 0 Å². The van der Waals surface area contributed by atoms with Crippen molar-refractivity contribution in [2.45, 2.75) is 9.79 Å². The average molecular weight is 347 g/mol. The number of rotatable bonds is 4. The number of imide groups is 1. The molecule has 1 aliphatic rings. The molecule has 120 valence electrons. The van der Waals surface area contributed by atoms with Crippen LogP contribution in [-0.4, -0.2) is 49.3 Å². The van der Waals surface area contributed by atoms with Crippen molar-refractivity contribution in [3.63, 3.8) is 0 Å². The zero-order valence-electron chi connectivity index (χ0n) is 11.4. The summed E-state index contributed by atoms with van der Waals surface area (Å²) in [5.74, 6) is 0. The normalized spacial score (nSPS) is 16.3. The number of nitrogens with zero attached hydrogens (tertiary/aromatic N) is 1. The van der Waals surface area contributed by atoms with Crippen LogP contribution in [0.4, 0.5) is 9.59 Å². The Balaban J connectivity index is 2.12. The van der Waals surface area contributed by atoms with E-state index in [2.05, 4.69) is 10.2 Å². The zero-order chi connectivity index (χ0) is 16.3. The van der Waals surface area contributed by atoms with E-state index in [1.165, 1.54) is 30.5 Å². The van der Waals surface area contributed by atoms with Gasteiger partial charge in [-0.15, -0.1) is 0 Å². The number of benzene rings is 1. The van der Waals surface area contributed by atoms with Crippen molar-refractivity contribution < 1.29 is 27.4 Å². The highest BCUT2D eigenvalue weighted by Crippen LogP contribution is 2.20. The van der Waals surface area contributed by atoms with Crippen LogP contribution in [0.3, 0.4) is 0 Å². The first kappa shape index (κ1) is 16.5. The van der Waals surface area contributed by atoms with E-state index in [0.29, 0.717) is 4.90 Å². The molecule has 1 heterocycles. The summed E-state index contributed by atoms with van der Waals surface area (Å²) in [5.41, 5.74) is 0. The Kier molecular flexibility index (Phi) is 4.90. The van der Waals surface area contributed by atoms with Gasteiger partial charge in [0.25, 0.3) is 10.0 Å². The summed E-state index contributed by atoms with van der Waals surface area (Å²) >= 11 is -1.54. The molecule has 1 atom stereocenters. The molecule has 1 unspecified atom stereocenters. The summed E-state index contributed by atoms with van der Waals surface area (Å²) in [6.07, 6.45) is 0.184. The molecule has 0 aromatic heterocycles. The van der Waals surface area contributed by atoms with Gasteiger partial charge in [0.05, 0.1) is 6.54 Å². The summed E-state index contributed by atoms with van der Waals surface area (Å²) < 4.78 is 35.8. The summed E-state index contributed by atoms with van der Waals surface area (Å²) in [6.45, 7) is 0.341. The molecule has 22 heavy (non-hydrogen) atoms. The van der Waals surface area contributed by atoms with Crippen LogP contribution >= 0.6 is 0 Å². The lowest BCUT2D eigenvalue weighted by molar-refractivity contribution is 0.0973. The maximum Gasteiger partial charge on any atom is 0.437 e. The Labute approximate surface area is 129 Å². The highest BCUT2D eigenvalue weighted by Gasteiger charge is 2.30. The summed E-state index contributed by atoms with van der Waals surface area (Å²) in [5, 5.41) is 2.37. The molecule has 0 bridgehead atoms. The number of nitrogens with one attached hydrogen (secondary N) is 2. The molecule has 11 heteroatoms. The Morgan fingerprint density at radius 1 is 1.45 bits per heavy atom. The second-order valence-electron chi connectivity index (χ2n) is 4.24. The number of carbonyl (C=O) groups is 2. The molecule has 1 saturated heterocycles. The van der Waals surface area contributed by atoms with Crippen molar-refractivity contribution in [3.8, 4) is 0 Å². The quantitative estimate of drug-likeness (QED) is 0.572. The molecule has 0 aliphatic carbocycles. The smallest absolute Gasteiger partial charge is 0.437 e. The zero-order valence-corrected chi connectivity index (χ0v) is 13.1. The molecule has 1 aromatic carbocycles. The van der Waals surface area contributed by atoms with Gasteiger partial charge in [-0.3, -0.25) is 0 Å². The van der Waals surface area contributed by atoms with Crippen LogP contribution in [0.25, 0.3) is 0 Å². The van der Waals surface area contributed by atoms with E-state index in [0.717, 1.165) is 0 Å². The van der Waals surface area contributed by atoms with E-state index in [9.17, 15) is 22.6 Å². The molecule has 3 amide bonds. The van der Waals surface area contributed by atoms with Crippen LogP contribution in [0.2, 0.25) is 0 Å². The first-order valence-corrected chi connectivity index (χ1v) is 9.07. The van der Waals surface area contributed by atoms with Gasteiger partial charge < -0.3 is 14.7 Å². The fraction of sp³-hybridized carbons (Fsp3) is 0.273. The lowest BCUT2D eigenvalue weighted by Crippen LogP contribution is -2.39. The highest BCUT2D eigenvalue weighted by molar-refractivity contribution is 7.93. The van der Waals surface area contributed by atoms with Crippen molar-refractivity contribution in [2.24, 2.45) is 0 Å². The van der Waals surface area contributed by atoms with Gasteiger partial charge in [0.15, 0.2) is 4.90 Å². The maximum atomic E-state index is 12.1. The first-order valence-electron chi connectivity index (χ1n) is 6.03. The molecule has 1 fully saturated rings. The fourth-order valence-corrected chi connectivity index (χ4v) is 3.91. The molecule has 9 nitrogen and oxygen atoms in total. The molecule has 2 N–H and O–H groups in total. The van der Waals surface area contributed by atoms with Crippen molar-refractivity contribution in [3.05, 3.63) is 24.3 Å². The van der Waals surface area contributed by atoms with Gasteiger partial charge in [-0.05, 0) is 28.2 Å². The third kappa shape index (κ3) is 3.50. The van der Waals surface area contributed by atoms with Crippen LogP contribution in [-0.2, 0) is 26.0 Å². The van der Waals surface area contributed by atoms with Crippen molar-refractivity contribution in [1.82, 2.24) is 15.1 Å². The molecule has 0 radical (unpaired) electrons. The van der Waals surface area contributed by atoms with Crippen molar-refractivity contribution >= 4 is 33.3 Å². The number of hydrogen-bond acceptors (Lipinski definition) is 6. The Morgan fingerprint density at radius 3 is 2.73 bits per heavy atom. The van der Waals surface area contributed by atoms with E-state index in [-0.39, 0.29) is 22.9 Å². The van der Waals surface area contributed by atoms with Crippen LogP contribution in [0, 0.1) is 0 Å². The monoisotopic (exact) mass is 347 g/mol. The van der Waals surface area contributed by atoms with E-state index in [1.807, 2.05) is 0 Å². The predicted octanol–water partition coefficient (Wildman–Crippen LogP) is -0.221. The number of sulfonamides is 1. The second-order valence-corrected chi connectivity index (χ2v) is 7.20. The lowest BCUT2D eigenvalue weighted by Gasteiger charge is -2.14. The first-order chi connectivity index (χ1) is 10.3. The lowest BCUT2D eigenvalue weighted by atomic mass is 10.4. The third-order valence-electron chi connectivity index (χ3n) is 2.76. The Bertz CT molecular complexity index is 691. The molecule has 0 spiro atoms. The minimum atomic E-state index is -4.22. The molecule has 1 aromatic rings. The van der Waals surface area contributed by atoms with Gasteiger partial charge in [0.1, 0.15) is 11.2 Å².